The summed E-state index contributed by atoms with van der Waals surface area (Å²) >= 11 is 5.85. The Morgan fingerprint density at radius 3 is 2.77 bits per heavy atom. The van der Waals surface area contributed by atoms with E-state index in [1.54, 1.807) is 0 Å². The summed E-state index contributed by atoms with van der Waals surface area (Å²) in [6.45, 7) is 5.25. The standard InChI is InChI=1S/C17H17ClN2O2/c1-17(2,11-21-10-12-6-4-3-5-7-12)14-8-13-16(22-14)19-9-15(18)20-13/h3-9H,10-11H2,1-2H3. The molecule has 0 spiro atoms. The molecule has 0 saturated heterocycles. The molecule has 4 nitrogen and oxygen atoms in total. The molecule has 2 aromatic heterocycles. The van der Waals surface area contributed by atoms with Gasteiger partial charge in [-0.25, -0.2) is 9.97 Å². The molecule has 2 heterocycles. The molecule has 0 saturated carbocycles. The van der Waals surface area contributed by atoms with Gasteiger partial charge in [-0.2, -0.15) is 0 Å². The van der Waals surface area contributed by atoms with E-state index in [0.717, 1.165) is 11.3 Å². The molecular formula is C17H17ClN2O2. The molecule has 0 aliphatic rings. The minimum absolute atomic E-state index is 0.274. The number of furan rings is 1. The van der Waals surface area contributed by atoms with Crippen LogP contribution in [0.5, 0.6) is 0 Å². The molecule has 1 aromatic carbocycles. The zero-order valence-electron chi connectivity index (χ0n) is 12.5. The minimum Gasteiger partial charge on any atom is -0.441 e. The maximum Gasteiger partial charge on any atom is 0.245 e. The van der Waals surface area contributed by atoms with Crippen molar-refractivity contribution in [3.05, 3.63) is 59.1 Å². The Bertz CT molecular complexity index is 769. The first kappa shape index (κ1) is 15.0. The minimum atomic E-state index is -0.274. The average molecular weight is 317 g/mol. The van der Waals surface area contributed by atoms with E-state index in [1.807, 2.05) is 36.4 Å². The van der Waals surface area contributed by atoms with E-state index >= 15 is 0 Å². The number of hydrogen-bond acceptors (Lipinski definition) is 4. The molecule has 0 unspecified atom stereocenters. The van der Waals surface area contributed by atoms with Crippen LogP contribution in [0.1, 0.15) is 25.2 Å². The van der Waals surface area contributed by atoms with E-state index in [1.165, 1.54) is 6.20 Å². The van der Waals surface area contributed by atoms with Crippen molar-refractivity contribution in [2.24, 2.45) is 0 Å². The van der Waals surface area contributed by atoms with Crippen LogP contribution in [0.15, 0.2) is 47.0 Å². The Morgan fingerprint density at radius 2 is 2.00 bits per heavy atom. The third kappa shape index (κ3) is 3.29. The van der Waals surface area contributed by atoms with Gasteiger partial charge in [0.15, 0.2) is 0 Å². The Balaban J connectivity index is 1.70. The van der Waals surface area contributed by atoms with E-state index < -0.39 is 0 Å². The van der Waals surface area contributed by atoms with Gasteiger partial charge in [0.05, 0.1) is 19.4 Å². The maximum absolute atomic E-state index is 5.85. The van der Waals surface area contributed by atoms with Crippen molar-refractivity contribution in [1.29, 1.82) is 0 Å². The van der Waals surface area contributed by atoms with Gasteiger partial charge in [0.25, 0.3) is 0 Å². The molecule has 0 aliphatic carbocycles. The molecule has 114 valence electrons. The first-order valence-corrected chi connectivity index (χ1v) is 7.47. The maximum atomic E-state index is 5.85. The fourth-order valence-electron chi connectivity index (χ4n) is 2.20. The van der Waals surface area contributed by atoms with Gasteiger partial charge in [-0.3, -0.25) is 0 Å². The van der Waals surface area contributed by atoms with Gasteiger partial charge in [-0.1, -0.05) is 55.8 Å². The Kier molecular flexibility index (Phi) is 4.14. The van der Waals surface area contributed by atoms with Crippen LogP contribution in [0.3, 0.4) is 0 Å². The lowest BCUT2D eigenvalue weighted by Crippen LogP contribution is -2.23. The molecule has 0 fully saturated rings. The number of aromatic nitrogens is 2. The normalized spacial score (nSPS) is 12.0. The highest BCUT2D eigenvalue weighted by Gasteiger charge is 2.26. The summed E-state index contributed by atoms with van der Waals surface area (Å²) in [6, 6.07) is 12.0. The highest BCUT2D eigenvalue weighted by Crippen LogP contribution is 2.29. The molecule has 0 radical (unpaired) electrons. The van der Waals surface area contributed by atoms with Crippen molar-refractivity contribution >= 4 is 22.8 Å². The topological polar surface area (TPSA) is 48.2 Å². The van der Waals surface area contributed by atoms with Gasteiger partial charge < -0.3 is 9.15 Å². The van der Waals surface area contributed by atoms with Crippen LogP contribution < -0.4 is 0 Å². The quantitative estimate of drug-likeness (QED) is 0.701. The summed E-state index contributed by atoms with van der Waals surface area (Å²) in [6.07, 6.45) is 1.48. The van der Waals surface area contributed by atoms with Gasteiger partial charge in [-0.05, 0) is 5.56 Å². The van der Waals surface area contributed by atoms with Gasteiger partial charge in [-0.15, -0.1) is 0 Å². The van der Waals surface area contributed by atoms with Crippen LogP contribution in [0.2, 0.25) is 5.15 Å². The number of hydrogen-bond donors (Lipinski definition) is 0. The second-order valence-electron chi connectivity index (χ2n) is 5.86. The molecule has 0 amide bonds. The van der Waals surface area contributed by atoms with Gasteiger partial charge in [0, 0.05) is 11.5 Å². The molecule has 0 bridgehead atoms. The van der Waals surface area contributed by atoms with Crippen molar-refractivity contribution in [1.82, 2.24) is 9.97 Å². The summed E-state index contributed by atoms with van der Waals surface area (Å²) in [4.78, 5) is 8.35. The van der Waals surface area contributed by atoms with Crippen LogP contribution in [-0.2, 0) is 16.8 Å². The molecule has 3 rings (SSSR count). The van der Waals surface area contributed by atoms with Gasteiger partial charge in [0.2, 0.25) is 5.71 Å². The van der Waals surface area contributed by atoms with Gasteiger partial charge in [0.1, 0.15) is 16.4 Å². The summed E-state index contributed by atoms with van der Waals surface area (Å²) < 4.78 is 11.6. The lowest BCUT2D eigenvalue weighted by molar-refractivity contribution is 0.0754. The molecule has 22 heavy (non-hydrogen) atoms. The lowest BCUT2D eigenvalue weighted by atomic mass is 9.91. The van der Waals surface area contributed by atoms with E-state index in [-0.39, 0.29) is 5.41 Å². The molecule has 0 N–H and O–H groups in total. The van der Waals surface area contributed by atoms with Crippen LogP contribution in [0, 0.1) is 0 Å². The summed E-state index contributed by atoms with van der Waals surface area (Å²) in [5.74, 6) is 0.790. The number of benzene rings is 1. The Hall–Kier alpha value is -1.91. The number of halogens is 1. The largest absolute Gasteiger partial charge is 0.441 e. The van der Waals surface area contributed by atoms with Crippen LogP contribution in [0.25, 0.3) is 11.2 Å². The number of fused-ring (bicyclic) bond motifs is 1. The van der Waals surface area contributed by atoms with Crippen LogP contribution >= 0.6 is 11.6 Å². The fourth-order valence-corrected chi connectivity index (χ4v) is 2.34. The first-order valence-electron chi connectivity index (χ1n) is 7.09. The highest BCUT2D eigenvalue weighted by molar-refractivity contribution is 6.29. The average Bonchev–Trinajstić information content (AvgIpc) is 2.92. The summed E-state index contributed by atoms with van der Waals surface area (Å²) in [5, 5.41) is 0.359. The third-order valence-corrected chi connectivity index (χ3v) is 3.63. The SMILES string of the molecule is CC(C)(COCc1ccccc1)c1cc2nc(Cl)cnc2o1. The van der Waals surface area contributed by atoms with E-state index in [2.05, 4.69) is 23.8 Å². The number of ether oxygens (including phenoxy) is 1. The van der Waals surface area contributed by atoms with E-state index in [9.17, 15) is 0 Å². The molecular weight excluding hydrogens is 300 g/mol. The van der Waals surface area contributed by atoms with Gasteiger partial charge >= 0.3 is 0 Å². The van der Waals surface area contributed by atoms with Crippen molar-refractivity contribution in [3.8, 4) is 0 Å². The lowest BCUT2D eigenvalue weighted by Gasteiger charge is -2.21. The van der Waals surface area contributed by atoms with E-state index in [4.69, 9.17) is 20.8 Å². The second-order valence-corrected chi connectivity index (χ2v) is 6.24. The molecule has 0 atom stereocenters. The zero-order chi connectivity index (χ0) is 15.6. The monoisotopic (exact) mass is 316 g/mol. The zero-order valence-corrected chi connectivity index (χ0v) is 13.3. The number of nitrogens with zero attached hydrogens (tertiary/aromatic N) is 2. The second kappa shape index (κ2) is 6.07. The van der Waals surface area contributed by atoms with Crippen molar-refractivity contribution < 1.29 is 9.15 Å². The predicted octanol–water partition coefficient (Wildman–Crippen LogP) is 4.37. The highest BCUT2D eigenvalue weighted by atomic mass is 35.5. The molecule has 0 aliphatic heterocycles. The molecule has 3 aromatic rings. The smallest absolute Gasteiger partial charge is 0.245 e. The Labute approximate surface area is 134 Å². The number of rotatable bonds is 5. The Morgan fingerprint density at radius 1 is 1.23 bits per heavy atom. The predicted molar refractivity (Wildman–Crippen MR) is 85.9 cm³/mol. The summed E-state index contributed by atoms with van der Waals surface area (Å²) in [7, 11) is 0. The van der Waals surface area contributed by atoms with Crippen molar-refractivity contribution in [2.75, 3.05) is 6.61 Å². The molecule has 5 heteroatoms. The van der Waals surface area contributed by atoms with Crippen LogP contribution in [0.4, 0.5) is 0 Å². The summed E-state index contributed by atoms with van der Waals surface area (Å²) in [5.41, 5.74) is 2.04. The van der Waals surface area contributed by atoms with Crippen LogP contribution in [-0.4, -0.2) is 16.6 Å². The first-order chi connectivity index (χ1) is 10.5. The fraction of sp³-hybridized carbons (Fsp3) is 0.294. The third-order valence-electron chi connectivity index (χ3n) is 3.45. The van der Waals surface area contributed by atoms with Crippen molar-refractivity contribution in [2.45, 2.75) is 25.9 Å². The van der Waals surface area contributed by atoms with Crippen molar-refractivity contribution in [3.63, 3.8) is 0 Å². The van der Waals surface area contributed by atoms with E-state index in [0.29, 0.717) is 29.6 Å².